The Morgan fingerprint density at radius 3 is 2.85 bits per heavy atom. The monoisotopic (exact) mass is 259 g/mol. The lowest BCUT2D eigenvalue weighted by Gasteiger charge is -2.06. The highest BCUT2D eigenvalue weighted by molar-refractivity contribution is 9.10. The van der Waals surface area contributed by atoms with E-state index in [1.807, 2.05) is 11.8 Å². The largest absolute Gasteiger partial charge is 0.326 e. The van der Waals surface area contributed by atoms with Crippen LogP contribution in [0.1, 0.15) is 18.9 Å². The molecule has 0 saturated carbocycles. The van der Waals surface area contributed by atoms with Gasteiger partial charge in [-0.3, -0.25) is 0 Å². The lowest BCUT2D eigenvalue weighted by Crippen LogP contribution is -1.98. The van der Waals surface area contributed by atoms with Crippen molar-refractivity contribution in [2.24, 2.45) is 5.73 Å². The first-order valence-corrected chi connectivity index (χ1v) is 6.17. The second-order valence-electron chi connectivity index (χ2n) is 2.80. The number of benzene rings is 1. The summed E-state index contributed by atoms with van der Waals surface area (Å²) < 4.78 is 1.11. The van der Waals surface area contributed by atoms with Crippen molar-refractivity contribution in [2.75, 3.05) is 5.75 Å². The minimum absolute atomic E-state index is 0.617. The molecule has 0 heterocycles. The number of nitrogens with two attached hydrogens (primary N) is 1. The third kappa shape index (κ3) is 3.33. The summed E-state index contributed by atoms with van der Waals surface area (Å²) in [6.07, 6.45) is 1.20. The molecule has 0 aliphatic rings. The van der Waals surface area contributed by atoms with Crippen LogP contribution in [0.3, 0.4) is 0 Å². The molecule has 0 fully saturated rings. The third-order valence-electron chi connectivity index (χ3n) is 1.70. The van der Waals surface area contributed by atoms with Crippen molar-refractivity contribution >= 4 is 27.7 Å². The lowest BCUT2D eigenvalue weighted by molar-refractivity contribution is 1.02. The van der Waals surface area contributed by atoms with E-state index < -0.39 is 0 Å². The Labute approximate surface area is 92.2 Å². The van der Waals surface area contributed by atoms with Gasteiger partial charge in [0.2, 0.25) is 0 Å². The van der Waals surface area contributed by atoms with Crippen LogP contribution in [0, 0.1) is 0 Å². The summed E-state index contributed by atoms with van der Waals surface area (Å²) >= 11 is 5.32. The van der Waals surface area contributed by atoms with Gasteiger partial charge in [-0.1, -0.05) is 22.9 Å². The zero-order valence-corrected chi connectivity index (χ0v) is 10.1. The Hall–Kier alpha value is 0.01000. The molecule has 1 aromatic rings. The molecular weight excluding hydrogens is 246 g/mol. The molecule has 2 N–H and O–H groups in total. The number of hydrogen-bond donors (Lipinski definition) is 1. The van der Waals surface area contributed by atoms with Gasteiger partial charge >= 0.3 is 0 Å². The molecule has 0 aromatic heterocycles. The minimum atomic E-state index is 0.617. The molecule has 0 amide bonds. The van der Waals surface area contributed by atoms with Crippen LogP contribution in [0.2, 0.25) is 0 Å². The van der Waals surface area contributed by atoms with E-state index in [9.17, 15) is 0 Å². The predicted octanol–water partition coefficient (Wildman–Crippen LogP) is 3.41. The summed E-state index contributed by atoms with van der Waals surface area (Å²) in [5, 5.41) is 0. The van der Waals surface area contributed by atoms with Crippen LogP contribution in [0.25, 0.3) is 0 Å². The molecule has 0 aliphatic heterocycles. The van der Waals surface area contributed by atoms with E-state index in [1.54, 1.807) is 0 Å². The predicted molar refractivity (Wildman–Crippen MR) is 63.0 cm³/mol. The first-order chi connectivity index (χ1) is 6.27. The van der Waals surface area contributed by atoms with E-state index in [2.05, 4.69) is 41.1 Å². The van der Waals surface area contributed by atoms with Gasteiger partial charge in [0.25, 0.3) is 0 Å². The summed E-state index contributed by atoms with van der Waals surface area (Å²) in [5.41, 5.74) is 6.89. The fraction of sp³-hybridized carbons (Fsp3) is 0.400. The van der Waals surface area contributed by atoms with Crippen molar-refractivity contribution in [3.63, 3.8) is 0 Å². The van der Waals surface area contributed by atoms with E-state index in [4.69, 9.17) is 5.73 Å². The molecule has 0 spiro atoms. The Morgan fingerprint density at radius 2 is 2.23 bits per heavy atom. The maximum atomic E-state index is 5.66. The third-order valence-corrected chi connectivity index (χ3v) is 3.52. The molecule has 0 radical (unpaired) electrons. The highest BCUT2D eigenvalue weighted by atomic mass is 79.9. The van der Waals surface area contributed by atoms with Gasteiger partial charge in [-0.2, -0.15) is 0 Å². The Bertz CT molecular complexity index is 276. The smallest absolute Gasteiger partial charge is 0.0189 e. The van der Waals surface area contributed by atoms with Gasteiger partial charge in [-0.15, -0.1) is 11.8 Å². The molecule has 0 bridgehead atoms. The van der Waals surface area contributed by atoms with E-state index in [-0.39, 0.29) is 0 Å². The van der Waals surface area contributed by atoms with Crippen LogP contribution in [0.5, 0.6) is 0 Å². The number of halogens is 1. The molecule has 72 valence electrons. The van der Waals surface area contributed by atoms with Crippen LogP contribution < -0.4 is 5.73 Å². The summed E-state index contributed by atoms with van der Waals surface area (Å²) in [6, 6.07) is 6.29. The summed E-state index contributed by atoms with van der Waals surface area (Å²) in [6.45, 7) is 2.81. The molecule has 1 rings (SSSR count). The van der Waals surface area contributed by atoms with Gasteiger partial charge in [0, 0.05) is 15.9 Å². The van der Waals surface area contributed by atoms with E-state index >= 15 is 0 Å². The molecule has 1 aromatic carbocycles. The second-order valence-corrected chi connectivity index (χ2v) is 4.86. The molecular formula is C10H14BrNS. The Balaban J connectivity index is 2.79. The van der Waals surface area contributed by atoms with Gasteiger partial charge in [0.1, 0.15) is 0 Å². The average molecular weight is 260 g/mol. The zero-order chi connectivity index (χ0) is 9.68. The highest BCUT2D eigenvalue weighted by Crippen LogP contribution is 2.25. The second kappa shape index (κ2) is 5.68. The number of hydrogen-bond acceptors (Lipinski definition) is 2. The standard InChI is InChI=1S/C10H14BrNS/c1-2-5-13-10-4-3-9(11)6-8(10)7-12/h3-4,6H,2,5,7,12H2,1H3. The molecule has 13 heavy (non-hydrogen) atoms. The zero-order valence-electron chi connectivity index (χ0n) is 7.72. The van der Waals surface area contributed by atoms with Gasteiger partial charge < -0.3 is 5.73 Å². The van der Waals surface area contributed by atoms with Crippen molar-refractivity contribution in [2.45, 2.75) is 24.8 Å². The molecule has 3 heteroatoms. The fourth-order valence-corrected chi connectivity index (χ4v) is 2.38. The van der Waals surface area contributed by atoms with Crippen molar-refractivity contribution in [3.8, 4) is 0 Å². The first-order valence-electron chi connectivity index (χ1n) is 4.39. The van der Waals surface area contributed by atoms with Gasteiger partial charge in [0.05, 0.1) is 0 Å². The summed E-state index contributed by atoms with van der Waals surface area (Å²) in [7, 11) is 0. The maximum absolute atomic E-state index is 5.66. The van der Waals surface area contributed by atoms with Crippen LogP contribution in [0.15, 0.2) is 27.6 Å². The minimum Gasteiger partial charge on any atom is -0.326 e. The molecule has 0 saturated heterocycles. The fourth-order valence-electron chi connectivity index (χ4n) is 1.06. The molecule has 0 aliphatic carbocycles. The van der Waals surface area contributed by atoms with E-state index in [0.717, 1.165) is 10.2 Å². The quantitative estimate of drug-likeness (QED) is 0.839. The molecule has 1 nitrogen and oxygen atoms in total. The van der Waals surface area contributed by atoms with Crippen LogP contribution in [0.4, 0.5) is 0 Å². The van der Waals surface area contributed by atoms with Gasteiger partial charge in [0.15, 0.2) is 0 Å². The van der Waals surface area contributed by atoms with Crippen molar-refractivity contribution in [1.82, 2.24) is 0 Å². The average Bonchev–Trinajstić information content (AvgIpc) is 2.16. The Morgan fingerprint density at radius 1 is 1.46 bits per heavy atom. The first kappa shape index (κ1) is 11.1. The normalized spacial score (nSPS) is 10.4. The highest BCUT2D eigenvalue weighted by Gasteiger charge is 2.01. The van der Waals surface area contributed by atoms with Crippen LogP contribution in [-0.2, 0) is 6.54 Å². The lowest BCUT2D eigenvalue weighted by atomic mass is 10.2. The van der Waals surface area contributed by atoms with Gasteiger partial charge in [-0.05, 0) is 35.9 Å². The Kier molecular flexibility index (Phi) is 4.84. The van der Waals surface area contributed by atoms with E-state index in [0.29, 0.717) is 6.54 Å². The number of thioether (sulfide) groups is 1. The molecule has 0 unspecified atom stereocenters. The topological polar surface area (TPSA) is 26.0 Å². The van der Waals surface area contributed by atoms with Crippen LogP contribution in [-0.4, -0.2) is 5.75 Å². The van der Waals surface area contributed by atoms with Crippen molar-refractivity contribution in [3.05, 3.63) is 28.2 Å². The van der Waals surface area contributed by atoms with E-state index in [1.165, 1.54) is 16.9 Å². The van der Waals surface area contributed by atoms with Crippen LogP contribution >= 0.6 is 27.7 Å². The SMILES string of the molecule is CCCSc1ccc(Br)cc1CN. The maximum Gasteiger partial charge on any atom is 0.0189 e. The molecule has 0 atom stereocenters. The van der Waals surface area contributed by atoms with Crippen molar-refractivity contribution in [1.29, 1.82) is 0 Å². The summed E-state index contributed by atoms with van der Waals surface area (Å²) in [4.78, 5) is 1.31. The summed E-state index contributed by atoms with van der Waals surface area (Å²) in [5.74, 6) is 1.16. The number of rotatable bonds is 4. The van der Waals surface area contributed by atoms with Crippen molar-refractivity contribution < 1.29 is 0 Å². The van der Waals surface area contributed by atoms with Gasteiger partial charge in [-0.25, -0.2) is 0 Å².